The highest BCUT2D eigenvalue weighted by molar-refractivity contribution is 5.77. The SMILES string of the molecule is CCC(N)Cc1cc(OC)ccc1OCC(=O)N(C)C. The summed E-state index contributed by atoms with van der Waals surface area (Å²) in [6.45, 7) is 2.06. The maximum atomic E-state index is 11.6. The predicted octanol–water partition coefficient (Wildman–Crippen LogP) is 1.44. The van der Waals surface area contributed by atoms with Crippen LogP contribution in [0, 0.1) is 0 Å². The van der Waals surface area contributed by atoms with Gasteiger partial charge in [-0.3, -0.25) is 4.79 Å². The second-order valence-corrected chi connectivity index (χ2v) is 4.92. The first-order chi connectivity index (χ1) is 9.47. The van der Waals surface area contributed by atoms with Crippen molar-refractivity contribution >= 4 is 5.91 Å². The molecule has 1 rings (SSSR count). The van der Waals surface area contributed by atoms with Crippen LogP contribution in [0.25, 0.3) is 0 Å². The van der Waals surface area contributed by atoms with Crippen molar-refractivity contribution in [3.8, 4) is 11.5 Å². The third kappa shape index (κ3) is 4.74. The quantitative estimate of drug-likeness (QED) is 0.821. The molecule has 0 aliphatic carbocycles. The summed E-state index contributed by atoms with van der Waals surface area (Å²) in [5.74, 6) is 1.37. The zero-order valence-electron chi connectivity index (χ0n) is 12.7. The summed E-state index contributed by atoms with van der Waals surface area (Å²) in [4.78, 5) is 13.1. The Balaban J connectivity index is 2.85. The Kier molecular flexibility index (Phi) is 6.31. The maximum absolute atomic E-state index is 11.6. The van der Waals surface area contributed by atoms with Gasteiger partial charge < -0.3 is 20.1 Å². The number of amides is 1. The van der Waals surface area contributed by atoms with Crippen LogP contribution in [-0.2, 0) is 11.2 Å². The first-order valence-electron chi connectivity index (χ1n) is 6.73. The van der Waals surface area contributed by atoms with Crippen LogP contribution in [0.3, 0.4) is 0 Å². The minimum absolute atomic E-state index is 0.0215. The van der Waals surface area contributed by atoms with Gasteiger partial charge in [0, 0.05) is 20.1 Å². The highest BCUT2D eigenvalue weighted by Gasteiger charge is 2.12. The first-order valence-corrected chi connectivity index (χ1v) is 6.73. The second-order valence-electron chi connectivity index (χ2n) is 4.92. The van der Waals surface area contributed by atoms with E-state index in [1.165, 1.54) is 4.90 Å². The van der Waals surface area contributed by atoms with E-state index < -0.39 is 0 Å². The van der Waals surface area contributed by atoms with Crippen LogP contribution < -0.4 is 15.2 Å². The van der Waals surface area contributed by atoms with Gasteiger partial charge >= 0.3 is 0 Å². The van der Waals surface area contributed by atoms with Gasteiger partial charge in [0.05, 0.1) is 7.11 Å². The van der Waals surface area contributed by atoms with Crippen LogP contribution in [0.4, 0.5) is 0 Å². The van der Waals surface area contributed by atoms with Crippen molar-refractivity contribution in [3.63, 3.8) is 0 Å². The average molecular weight is 280 g/mol. The topological polar surface area (TPSA) is 64.8 Å². The molecule has 0 spiro atoms. The van der Waals surface area contributed by atoms with Crippen LogP contribution in [0.2, 0.25) is 0 Å². The molecule has 1 aromatic carbocycles. The molecule has 0 aromatic heterocycles. The van der Waals surface area contributed by atoms with E-state index >= 15 is 0 Å². The van der Waals surface area contributed by atoms with Crippen molar-refractivity contribution < 1.29 is 14.3 Å². The number of ether oxygens (including phenoxy) is 2. The zero-order valence-corrected chi connectivity index (χ0v) is 12.7. The first kappa shape index (κ1) is 16.3. The van der Waals surface area contributed by atoms with E-state index in [1.807, 2.05) is 25.1 Å². The van der Waals surface area contributed by atoms with Gasteiger partial charge in [0.25, 0.3) is 5.91 Å². The van der Waals surface area contributed by atoms with Gasteiger partial charge in [-0.15, -0.1) is 0 Å². The van der Waals surface area contributed by atoms with Gasteiger partial charge in [0.1, 0.15) is 11.5 Å². The average Bonchev–Trinajstić information content (AvgIpc) is 2.44. The standard InChI is InChI=1S/C15H24N2O3/c1-5-12(16)8-11-9-13(19-4)6-7-14(11)20-10-15(18)17(2)3/h6-7,9,12H,5,8,10,16H2,1-4H3. The van der Waals surface area contributed by atoms with E-state index in [-0.39, 0.29) is 18.6 Å². The Labute approximate surface area is 120 Å². The molecular weight excluding hydrogens is 256 g/mol. The lowest BCUT2D eigenvalue weighted by atomic mass is 10.0. The van der Waals surface area contributed by atoms with Crippen LogP contribution in [0.15, 0.2) is 18.2 Å². The van der Waals surface area contributed by atoms with Crippen molar-refractivity contribution in [2.75, 3.05) is 27.8 Å². The van der Waals surface area contributed by atoms with E-state index in [2.05, 4.69) is 0 Å². The summed E-state index contributed by atoms with van der Waals surface area (Å²) in [6, 6.07) is 5.61. The second kappa shape index (κ2) is 7.75. The van der Waals surface area contributed by atoms with Crippen molar-refractivity contribution in [1.29, 1.82) is 0 Å². The van der Waals surface area contributed by atoms with E-state index in [9.17, 15) is 4.79 Å². The normalized spacial score (nSPS) is 11.8. The number of likely N-dealkylation sites (N-methyl/N-ethyl adjacent to an activating group) is 1. The van der Waals surface area contributed by atoms with Gasteiger partial charge in [-0.25, -0.2) is 0 Å². The van der Waals surface area contributed by atoms with Crippen LogP contribution in [0.1, 0.15) is 18.9 Å². The number of hydrogen-bond acceptors (Lipinski definition) is 4. The van der Waals surface area contributed by atoms with Crippen molar-refractivity contribution in [2.24, 2.45) is 5.73 Å². The Morgan fingerprint density at radius 2 is 2.10 bits per heavy atom. The van der Waals surface area contributed by atoms with E-state index in [1.54, 1.807) is 21.2 Å². The van der Waals surface area contributed by atoms with Gasteiger partial charge in [-0.1, -0.05) is 6.92 Å². The summed E-state index contributed by atoms with van der Waals surface area (Å²) >= 11 is 0. The lowest BCUT2D eigenvalue weighted by Gasteiger charge is -2.16. The Morgan fingerprint density at radius 1 is 1.40 bits per heavy atom. The van der Waals surface area contributed by atoms with Crippen LogP contribution in [0.5, 0.6) is 11.5 Å². The molecule has 20 heavy (non-hydrogen) atoms. The van der Waals surface area contributed by atoms with Crippen molar-refractivity contribution in [1.82, 2.24) is 4.90 Å². The smallest absolute Gasteiger partial charge is 0.259 e. The Bertz CT molecular complexity index is 447. The fraction of sp³-hybridized carbons (Fsp3) is 0.533. The summed E-state index contributed by atoms with van der Waals surface area (Å²) in [5.41, 5.74) is 6.96. The van der Waals surface area contributed by atoms with Gasteiger partial charge in [-0.05, 0) is 36.6 Å². The molecule has 1 aromatic rings. The molecule has 0 saturated carbocycles. The molecule has 0 radical (unpaired) electrons. The number of methoxy groups -OCH3 is 1. The molecule has 0 heterocycles. The van der Waals surface area contributed by atoms with Crippen molar-refractivity contribution in [3.05, 3.63) is 23.8 Å². The molecule has 2 N–H and O–H groups in total. The summed E-state index contributed by atoms with van der Waals surface area (Å²) < 4.78 is 10.8. The van der Waals surface area contributed by atoms with E-state index in [0.717, 1.165) is 17.7 Å². The maximum Gasteiger partial charge on any atom is 0.259 e. The van der Waals surface area contributed by atoms with Crippen LogP contribution in [-0.4, -0.2) is 44.7 Å². The molecule has 112 valence electrons. The molecule has 0 fully saturated rings. The number of nitrogens with two attached hydrogens (primary N) is 1. The number of hydrogen-bond donors (Lipinski definition) is 1. The van der Waals surface area contributed by atoms with Gasteiger partial charge in [0.15, 0.2) is 6.61 Å². The Hall–Kier alpha value is -1.75. The molecule has 0 aliphatic rings. The van der Waals surface area contributed by atoms with Crippen LogP contribution >= 0.6 is 0 Å². The number of rotatable bonds is 7. The van der Waals surface area contributed by atoms with E-state index in [0.29, 0.717) is 12.2 Å². The third-order valence-electron chi connectivity index (χ3n) is 3.12. The number of carbonyl (C=O) groups excluding carboxylic acids is 1. The monoisotopic (exact) mass is 280 g/mol. The zero-order chi connectivity index (χ0) is 15.1. The predicted molar refractivity (Wildman–Crippen MR) is 79.2 cm³/mol. The summed E-state index contributed by atoms with van der Waals surface area (Å²) in [5, 5.41) is 0. The van der Waals surface area contributed by atoms with Crippen molar-refractivity contribution in [2.45, 2.75) is 25.8 Å². The fourth-order valence-electron chi connectivity index (χ4n) is 1.68. The Morgan fingerprint density at radius 3 is 2.65 bits per heavy atom. The number of carbonyl (C=O) groups is 1. The molecular formula is C15H24N2O3. The lowest BCUT2D eigenvalue weighted by Crippen LogP contribution is -2.28. The number of benzene rings is 1. The minimum atomic E-state index is -0.0773. The van der Waals surface area contributed by atoms with E-state index in [4.69, 9.17) is 15.2 Å². The van der Waals surface area contributed by atoms with Gasteiger partial charge in [0.2, 0.25) is 0 Å². The highest BCUT2D eigenvalue weighted by Crippen LogP contribution is 2.25. The largest absolute Gasteiger partial charge is 0.497 e. The third-order valence-corrected chi connectivity index (χ3v) is 3.12. The molecule has 0 saturated heterocycles. The molecule has 5 heteroatoms. The molecule has 1 amide bonds. The minimum Gasteiger partial charge on any atom is -0.497 e. The summed E-state index contributed by atoms with van der Waals surface area (Å²) in [7, 11) is 5.02. The summed E-state index contributed by atoms with van der Waals surface area (Å²) in [6.07, 6.45) is 1.58. The molecule has 0 aliphatic heterocycles. The lowest BCUT2D eigenvalue weighted by molar-refractivity contribution is -0.130. The number of nitrogens with zero attached hydrogens (tertiary/aromatic N) is 1. The molecule has 5 nitrogen and oxygen atoms in total. The van der Waals surface area contributed by atoms with Gasteiger partial charge in [-0.2, -0.15) is 0 Å². The molecule has 1 atom stereocenters. The highest BCUT2D eigenvalue weighted by atomic mass is 16.5. The fourth-order valence-corrected chi connectivity index (χ4v) is 1.68. The molecule has 1 unspecified atom stereocenters. The molecule has 0 bridgehead atoms.